The molecule has 3 nitrogen and oxygen atoms in total. The first-order valence-corrected chi connectivity index (χ1v) is 9.45. The topological polar surface area (TPSA) is 46.2 Å². The summed E-state index contributed by atoms with van der Waals surface area (Å²) in [4.78, 5) is 0. The molecule has 0 bridgehead atoms. The Hall–Kier alpha value is -0.390. The summed E-state index contributed by atoms with van der Waals surface area (Å²) >= 11 is 3.45. The Morgan fingerprint density at radius 3 is 2.37 bits per heavy atom. The van der Waals surface area contributed by atoms with Crippen LogP contribution in [0.4, 0.5) is 0 Å². The summed E-state index contributed by atoms with van der Waals surface area (Å²) in [5, 5.41) is 3.56. The zero-order valence-electron chi connectivity index (χ0n) is 11.2. The number of hydrogen-bond donors (Lipinski definition) is 1. The molecule has 1 aromatic rings. The standard InChI is InChI=1S/C14H20BrNO2S/c1-19(17,18)11-3-10-16-14(8-2-9-14)12-4-6-13(15)7-5-12/h4-7,16H,2-3,8-11H2,1H3. The summed E-state index contributed by atoms with van der Waals surface area (Å²) in [7, 11) is -2.85. The van der Waals surface area contributed by atoms with Crippen molar-refractivity contribution in [2.24, 2.45) is 0 Å². The van der Waals surface area contributed by atoms with Crippen LogP contribution in [0.2, 0.25) is 0 Å². The van der Waals surface area contributed by atoms with Gasteiger partial charge < -0.3 is 5.32 Å². The van der Waals surface area contributed by atoms with Gasteiger partial charge in [-0.3, -0.25) is 0 Å². The van der Waals surface area contributed by atoms with Crippen LogP contribution in [-0.4, -0.2) is 27.0 Å². The highest BCUT2D eigenvalue weighted by atomic mass is 79.9. The largest absolute Gasteiger partial charge is 0.307 e. The minimum atomic E-state index is -2.85. The normalized spacial score (nSPS) is 18.0. The third kappa shape index (κ3) is 4.04. The van der Waals surface area contributed by atoms with Gasteiger partial charge in [0, 0.05) is 16.3 Å². The maximum Gasteiger partial charge on any atom is 0.147 e. The van der Waals surface area contributed by atoms with Gasteiger partial charge in [0.05, 0.1) is 5.75 Å². The SMILES string of the molecule is CS(=O)(=O)CCCNC1(c2ccc(Br)cc2)CCC1. The molecular formula is C14H20BrNO2S. The molecule has 2 rings (SSSR count). The predicted molar refractivity (Wildman–Crippen MR) is 82.0 cm³/mol. The Kier molecular flexibility index (Phi) is 4.69. The van der Waals surface area contributed by atoms with Crippen molar-refractivity contribution in [2.45, 2.75) is 31.2 Å². The average Bonchev–Trinajstić information content (AvgIpc) is 2.27. The Morgan fingerprint density at radius 1 is 1.26 bits per heavy atom. The molecule has 0 atom stereocenters. The molecule has 0 aromatic heterocycles. The highest BCUT2D eigenvalue weighted by Gasteiger charge is 2.37. The molecule has 0 unspecified atom stereocenters. The Balaban J connectivity index is 1.94. The summed E-state index contributed by atoms with van der Waals surface area (Å²) in [5.41, 5.74) is 1.37. The van der Waals surface area contributed by atoms with Crippen LogP contribution in [0.5, 0.6) is 0 Å². The highest BCUT2D eigenvalue weighted by molar-refractivity contribution is 9.10. The lowest BCUT2D eigenvalue weighted by atomic mass is 9.72. The van der Waals surface area contributed by atoms with Gasteiger partial charge in [-0.05, 0) is 49.9 Å². The molecule has 1 N–H and O–H groups in total. The van der Waals surface area contributed by atoms with Gasteiger partial charge in [0.1, 0.15) is 9.84 Å². The van der Waals surface area contributed by atoms with E-state index in [9.17, 15) is 8.42 Å². The monoisotopic (exact) mass is 345 g/mol. The van der Waals surface area contributed by atoms with Crippen LogP contribution < -0.4 is 5.32 Å². The number of benzene rings is 1. The van der Waals surface area contributed by atoms with E-state index < -0.39 is 9.84 Å². The molecule has 0 aliphatic heterocycles. The second-order valence-electron chi connectivity index (χ2n) is 5.35. The molecule has 1 aliphatic rings. The Bertz CT molecular complexity index is 521. The third-order valence-electron chi connectivity index (χ3n) is 3.76. The first-order valence-electron chi connectivity index (χ1n) is 6.60. The summed E-state index contributed by atoms with van der Waals surface area (Å²) in [6.07, 6.45) is 5.47. The minimum Gasteiger partial charge on any atom is -0.307 e. The quantitative estimate of drug-likeness (QED) is 0.806. The number of rotatable bonds is 6. The lowest BCUT2D eigenvalue weighted by molar-refractivity contribution is 0.186. The first kappa shape index (κ1) is 15.0. The van der Waals surface area contributed by atoms with E-state index in [1.165, 1.54) is 18.2 Å². The van der Waals surface area contributed by atoms with Gasteiger partial charge in [-0.25, -0.2) is 8.42 Å². The lowest BCUT2D eigenvalue weighted by Crippen LogP contribution is -2.48. The van der Waals surface area contributed by atoms with E-state index in [4.69, 9.17) is 0 Å². The lowest BCUT2D eigenvalue weighted by Gasteiger charge is -2.43. The first-order chi connectivity index (χ1) is 8.91. The van der Waals surface area contributed by atoms with E-state index in [0.29, 0.717) is 6.42 Å². The van der Waals surface area contributed by atoms with Crippen molar-refractivity contribution in [1.29, 1.82) is 0 Å². The second kappa shape index (κ2) is 5.94. The van der Waals surface area contributed by atoms with Crippen LogP contribution in [0.25, 0.3) is 0 Å². The van der Waals surface area contributed by atoms with Crippen molar-refractivity contribution in [3.05, 3.63) is 34.3 Å². The molecule has 0 amide bonds. The summed E-state index contributed by atoms with van der Waals surface area (Å²) < 4.78 is 23.3. The number of sulfone groups is 1. The van der Waals surface area contributed by atoms with Crippen LogP contribution in [-0.2, 0) is 15.4 Å². The Labute approximate surface area is 123 Å². The third-order valence-corrected chi connectivity index (χ3v) is 5.32. The van der Waals surface area contributed by atoms with Crippen molar-refractivity contribution >= 4 is 25.8 Å². The van der Waals surface area contributed by atoms with Crippen LogP contribution >= 0.6 is 15.9 Å². The summed E-state index contributed by atoms with van der Waals surface area (Å²) in [6, 6.07) is 8.42. The van der Waals surface area contributed by atoms with Gasteiger partial charge in [0.2, 0.25) is 0 Å². The molecule has 1 saturated carbocycles. The smallest absolute Gasteiger partial charge is 0.147 e. The van der Waals surface area contributed by atoms with Crippen LogP contribution in [0.1, 0.15) is 31.2 Å². The van der Waals surface area contributed by atoms with E-state index in [-0.39, 0.29) is 11.3 Å². The molecule has 1 aromatic carbocycles. The molecule has 1 aliphatic carbocycles. The zero-order chi connectivity index (χ0) is 13.9. The van der Waals surface area contributed by atoms with E-state index in [0.717, 1.165) is 23.9 Å². The maximum atomic E-state index is 11.1. The highest BCUT2D eigenvalue weighted by Crippen LogP contribution is 2.41. The number of hydrogen-bond acceptors (Lipinski definition) is 3. The van der Waals surface area contributed by atoms with E-state index in [1.807, 2.05) is 0 Å². The summed E-state index contributed by atoms with van der Waals surface area (Å²) in [6.45, 7) is 0.753. The number of nitrogens with one attached hydrogen (secondary N) is 1. The zero-order valence-corrected chi connectivity index (χ0v) is 13.6. The Morgan fingerprint density at radius 2 is 1.89 bits per heavy atom. The molecule has 19 heavy (non-hydrogen) atoms. The van der Waals surface area contributed by atoms with Gasteiger partial charge >= 0.3 is 0 Å². The number of halogens is 1. The van der Waals surface area contributed by atoms with E-state index in [1.54, 1.807) is 0 Å². The van der Waals surface area contributed by atoms with Crippen molar-refractivity contribution in [2.75, 3.05) is 18.6 Å². The minimum absolute atomic E-state index is 0.0677. The fourth-order valence-electron chi connectivity index (χ4n) is 2.53. The summed E-state index contributed by atoms with van der Waals surface area (Å²) in [5.74, 6) is 0.260. The van der Waals surface area contributed by atoms with Gasteiger partial charge in [-0.1, -0.05) is 28.1 Å². The van der Waals surface area contributed by atoms with Gasteiger partial charge in [0.15, 0.2) is 0 Å². The van der Waals surface area contributed by atoms with Gasteiger partial charge in [-0.2, -0.15) is 0 Å². The molecule has 0 spiro atoms. The van der Waals surface area contributed by atoms with Crippen LogP contribution in [0.15, 0.2) is 28.7 Å². The fourth-order valence-corrected chi connectivity index (χ4v) is 3.46. The molecule has 5 heteroatoms. The fraction of sp³-hybridized carbons (Fsp3) is 0.571. The molecule has 0 saturated heterocycles. The van der Waals surface area contributed by atoms with Crippen molar-refractivity contribution in [3.8, 4) is 0 Å². The van der Waals surface area contributed by atoms with Crippen molar-refractivity contribution in [1.82, 2.24) is 5.32 Å². The maximum absolute atomic E-state index is 11.1. The van der Waals surface area contributed by atoms with Crippen LogP contribution in [0.3, 0.4) is 0 Å². The van der Waals surface area contributed by atoms with E-state index in [2.05, 4.69) is 45.5 Å². The molecule has 1 fully saturated rings. The molecule has 0 radical (unpaired) electrons. The molecule has 0 heterocycles. The molecular weight excluding hydrogens is 326 g/mol. The second-order valence-corrected chi connectivity index (χ2v) is 8.53. The van der Waals surface area contributed by atoms with Gasteiger partial charge in [-0.15, -0.1) is 0 Å². The average molecular weight is 346 g/mol. The van der Waals surface area contributed by atoms with Gasteiger partial charge in [0.25, 0.3) is 0 Å². The van der Waals surface area contributed by atoms with Crippen molar-refractivity contribution in [3.63, 3.8) is 0 Å². The predicted octanol–water partition coefficient (Wildman–Crippen LogP) is 2.85. The molecule has 106 valence electrons. The van der Waals surface area contributed by atoms with E-state index >= 15 is 0 Å². The van der Waals surface area contributed by atoms with Crippen LogP contribution in [0, 0.1) is 0 Å². The van der Waals surface area contributed by atoms with Crippen molar-refractivity contribution < 1.29 is 8.42 Å².